The third kappa shape index (κ3) is 3.21. The molecule has 1 N–H and O–H groups in total. The van der Waals surface area contributed by atoms with Gasteiger partial charge >= 0.3 is 0 Å². The summed E-state index contributed by atoms with van der Waals surface area (Å²) in [6, 6.07) is 1.23. The van der Waals surface area contributed by atoms with Crippen molar-refractivity contribution in [2.24, 2.45) is 4.99 Å². The van der Waals surface area contributed by atoms with Gasteiger partial charge in [0.2, 0.25) is 0 Å². The summed E-state index contributed by atoms with van der Waals surface area (Å²) < 4.78 is 0. The van der Waals surface area contributed by atoms with Crippen molar-refractivity contribution in [3.05, 3.63) is 0 Å². The van der Waals surface area contributed by atoms with Gasteiger partial charge in [-0.2, -0.15) is 0 Å². The van der Waals surface area contributed by atoms with Crippen LogP contribution < -0.4 is 5.43 Å². The van der Waals surface area contributed by atoms with Crippen LogP contribution in [0.4, 0.5) is 0 Å². The van der Waals surface area contributed by atoms with Crippen LogP contribution in [0.2, 0.25) is 0 Å². The topological polar surface area (TPSA) is 27.6 Å². The molecule has 0 saturated carbocycles. The minimum absolute atomic E-state index is 0.149. The lowest BCUT2D eigenvalue weighted by Gasteiger charge is -2.40. The van der Waals surface area contributed by atoms with Crippen molar-refractivity contribution in [1.82, 2.24) is 10.4 Å². The van der Waals surface area contributed by atoms with E-state index in [2.05, 4.69) is 38.1 Å². The average Bonchev–Trinajstić information content (AvgIpc) is 2.34. The van der Waals surface area contributed by atoms with E-state index >= 15 is 0 Å². The lowest BCUT2D eigenvalue weighted by molar-refractivity contribution is 0.0748. The summed E-state index contributed by atoms with van der Waals surface area (Å²) in [7, 11) is 0. The van der Waals surface area contributed by atoms with Gasteiger partial charge < -0.3 is 0 Å². The molecular formula is C14H27N3S. The van der Waals surface area contributed by atoms with Gasteiger partial charge in [-0.05, 0) is 46.5 Å². The second-order valence-corrected chi connectivity index (χ2v) is 7.10. The summed E-state index contributed by atoms with van der Waals surface area (Å²) in [5, 5.41) is 3.54. The fourth-order valence-corrected chi connectivity index (χ4v) is 3.96. The molecule has 0 amide bonds. The minimum atomic E-state index is 0.149. The fourth-order valence-electron chi connectivity index (χ4n) is 2.77. The van der Waals surface area contributed by atoms with Crippen molar-refractivity contribution in [3.8, 4) is 0 Å². The molecule has 3 nitrogen and oxygen atoms in total. The summed E-state index contributed by atoms with van der Waals surface area (Å²) >= 11 is 1.88. The highest BCUT2D eigenvalue weighted by Crippen LogP contribution is 2.29. The van der Waals surface area contributed by atoms with E-state index in [9.17, 15) is 0 Å². The molecule has 2 aliphatic rings. The molecular weight excluding hydrogens is 242 g/mol. The molecule has 0 spiro atoms. The van der Waals surface area contributed by atoms with Crippen molar-refractivity contribution < 1.29 is 0 Å². The number of nitrogens with one attached hydrogen (secondary N) is 1. The van der Waals surface area contributed by atoms with Crippen LogP contribution in [0.5, 0.6) is 0 Å². The standard InChI is InChI=1S/C14H27N3S/c1-5-14(4)9-10-18-13(15-14)16-17-11(2)7-6-8-12(17)3/h11-12H,5-10H2,1-4H3,(H,15,16). The Morgan fingerprint density at radius 1 is 1.39 bits per heavy atom. The average molecular weight is 269 g/mol. The smallest absolute Gasteiger partial charge is 0.171 e. The number of hydrogen-bond donors (Lipinski definition) is 1. The number of rotatable bonds is 2. The van der Waals surface area contributed by atoms with Crippen molar-refractivity contribution in [3.63, 3.8) is 0 Å². The normalized spacial score (nSPS) is 38.3. The zero-order valence-electron chi connectivity index (χ0n) is 12.2. The molecule has 0 aromatic heterocycles. The van der Waals surface area contributed by atoms with E-state index in [1.165, 1.54) is 31.4 Å². The SMILES string of the molecule is CCC1(C)CCSC(NN2C(C)CCCC2C)=N1. The second kappa shape index (κ2) is 5.83. The van der Waals surface area contributed by atoms with Crippen molar-refractivity contribution >= 4 is 16.9 Å². The predicted octanol–water partition coefficient (Wildman–Crippen LogP) is 3.42. The predicted molar refractivity (Wildman–Crippen MR) is 81.0 cm³/mol. The molecule has 1 saturated heterocycles. The van der Waals surface area contributed by atoms with Gasteiger partial charge in [0, 0.05) is 17.8 Å². The lowest BCUT2D eigenvalue weighted by atomic mass is 9.97. The van der Waals surface area contributed by atoms with Crippen LogP contribution in [-0.4, -0.2) is 33.6 Å². The monoisotopic (exact) mass is 269 g/mol. The summed E-state index contributed by atoms with van der Waals surface area (Å²) in [6.45, 7) is 9.15. The maximum atomic E-state index is 4.92. The molecule has 0 bridgehead atoms. The first-order valence-electron chi connectivity index (χ1n) is 7.32. The van der Waals surface area contributed by atoms with Gasteiger partial charge in [-0.15, -0.1) is 0 Å². The summed E-state index contributed by atoms with van der Waals surface area (Å²) in [4.78, 5) is 4.92. The third-order valence-corrected chi connectivity index (χ3v) is 5.30. The Labute approximate surface area is 116 Å². The highest BCUT2D eigenvalue weighted by Gasteiger charge is 2.29. The van der Waals surface area contributed by atoms with Crippen LogP contribution in [0.15, 0.2) is 4.99 Å². The van der Waals surface area contributed by atoms with Gasteiger partial charge in [0.15, 0.2) is 5.17 Å². The van der Waals surface area contributed by atoms with E-state index in [1.807, 2.05) is 11.8 Å². The first kappa shape index (κ1) is 14.2. The lowest BCUT2D eigenvalue weighted by Crippen LogP contribution is -2.54. The van der Waals surface area contributed by atoms with E-state index in [4.69, 9.17) is 4.99 Å². The number of amidine groups is 1. The molecule has 1 fully saturated rings. The van der Waals surface area contributed by atoms with Crippen LogP contribution in [0.25, 0.3) is 0 Å². The Morgan fingerprint density at radius 3 is 2.67 bits per heavy atom. The first-order valence-corrected chi connectivity index (χ1v) is 8.30. The van der Waals surface area contributed by atoms with Gasteiger partial charge in [0.25, 0.3) is 0 Å². The highest BCUT2D eigenvalue weighted by atomic mass is 32.2. The number of nitrogens with zero attached hydrogens (tertiary/aromatic N) is 2. The summed E-state index contributed by atoms with van der Waals surface area (Å²) in [6.07, 6.45) is 6.27. The Morgan fingerprint density at radius 2 is 2.06 bits per heavy atom. The molecule has 3 atom stereocenters. The van der Waals surface area contributed by atoms with Crippen molar-refractivity contribution in [1.29, 1.82) is 0 Å². The Balaban J connectivity index is 2.03. The van der Waals surface area contributed by atoms with Crippen LogP contribution in [0, 0.1) is 0 Å². The molecule has 3 unspecified atom stereocenters. The molecule has 0 radical (unpaired) electrons. The number of thioether (sulfide) groups is 1. The Hall–Kier alpha value is -0.220. The van der Waals surface area contributed by atoms with E-state index in [1.54, 1.807) is 0 Å². The molecule has 4 heteroatoms. The molecule has 2 rings (SSSR count). The van der Waals surface area contributed by atoms with Crippen molar-refractivity contribution in [2.45, 2.75) is 77.4 Å². The summed E-state index contributed by atoms with van der Waals surface area (Å²) in [5.74, 6) is 1.19. The van der Waals surface area contributed by atoms with Crippen LogP contribution in [0.3, 0.4) is 0 Å². The van der Waals surface area contributed by atoms with Crippen LogP contribution in [0.1, 0.15) is 59.8 Å². The van der Waals surface area contributed by atoms with E-state index in [0.29, 0.717) is 12.1 Å². The molecule has 0 aromatic rings. The minimum Gasteiger partial charge on any atom is -0.297 e. The molecule has 0 aromatic carbocycles. The molecule has 104 valence electrons. The van der Waals surface area contributed by atoms with Crippen LogP contribution in [-0.2, 0) is 0 Å². The van der Waals surface area contributed by atoms with Crippen molar-refractivity contribution in [2.75, 3.05) is 5.75 Å². The molecule has 2 heterocycles. The fraction of sp³-hybridized carbons (Fsp3) is 0.929. The Kier molecular flexibility index (Phi) is 4.59. The second-order valence-electron chi connectivity index (χ2n) is 6.01. The number of aliphatic imine (C=N–C) groups is 1. The van der Waals surface area contributed by atoms with Gasteiger partial charge in [-0.1, -0.05) is 25.1 Å². The van der Waals surface area contributed by atoms with E-state index < -0.39 is 0 Å². The van der Waals surface area contributed by atoms with Crippen LogP contribution >= 0.6 is 11.8 Å². The molecule has 0 aliphatic carbocycles. The quantitative estimate of drug-likeness (QED) is 0.832. The maximum absolute atomic E-state index is 4.92. The third-order valence-electron chi connectivity index (χ3n) is 4.43. The largest absolute Gasteiger partial charge is 0.297 e. The highest BCUT2D eigenvalue weighted by molar-refractivity contribution is 8.13. The van der Waals surface area contributed by atoms with E-state index in [-0.39, 0.29) is 5.54 Å². The van der Waals surface area contributed by atoms with Gasteiger partial charge in [-0.25, -0.2) is 5.01 Å². The zero-order valence-corrected chi connectivity index (χ0v) is 13.0. The van der Waals surface area contributed by atoms with Gasteiger partial charge in [0.1, 0.15) is 0 Å². The maximum Gasteiger partial charge on any atom is 0.171 e. The Bertz CT molecular complexity index is 308. The van der Waals surface area contributed by atoms with Gasteiger partial charge in [0.05, 0.1) is 5.54 Å². The molecule has 18 heavy (non-hydrogen) atoms. The number of hydrogen-bond acceptors (Lipinski definition) is 4. The first-order chi connectivity index (χ1) is 8.54. The molecule has 2 aliphatic heterocycles. The summed E-state index contributed by atoms with van der Waals surface area (Å²) in [5.41, 5.74) is 3.74. The zero-order chi connectivity index (χ0) is 13.2. The van der Waals surface area contributed by atoms with Gasteiger partial charge in [-0.3, -0.25) is 10.4 Å². The number of hydrazine groups is 1. The number of piperidine rings is 1. The van der Waals surface area contributed by atoms with E-state index in [0.717, 1.165) is 11.6 Å².